The maximum atomic E-state index is 12.8. The Kier molecular flexibility index (Phi) is 4.30. The number of aromatic nitrogens is 2. The number of rotatable bonds is 3. The number of halogens is 3. The minimum absolute atomic E-state index is 0.175. The summed E-state index contributed by atoms with van der Waals surface area (Å²) >= 11 is 0. The van der Waals surface area contributed by atoms with Crippen molar-refractivity contribution in [3.63, 3.8) is 0 Å². The van der Waals surface area contributed by atoms with Gasteiger partial charge in [0.25, 0.3) is 0 Å². The van der Waals surface area contributed by atoms with Gasteiger partial charge in [-0.05, 0) is 69.5 Å². The van der Waals surface area contributed by atoms with Gasteiger partial charge in [-0.1, -0.05) is 17.7 Å². The predicted octanol–water partition coefficient (Wildman–Crippen LogP) is 5.69. The van der Waals surface area contributed by atoms with Crippen LogP contribution in [0.1, 0.15) is 53.9 Å². The van der Waals surface area contributed by atoms with Crippen LogP contribution in [-0.2, 0) is 25.6 Å². The molecule has 0 saturated carbocycles. The minimum Gasteiger partial charge on any atom is -0.344 e. The molecule has 158 valence electrons. The first-order valence-corrected chi connectivity index (χ1v) is 10.5. The zero-order chi connectivity index (χ0) is 21.3. The number of hydrogen-bond acceptors (Lipinski definition) is 2. The van der Waals surface area contributed by atoms with E-state index in [1.54, 1.807) is 6.07 Å². The van der Waals surface area contributed by atoms with Gasteiger partial charge in [0.15, 0.2) is 0 Å². The lowest BCUT2D eigenvalue weighted by Crippen LogP contribution is -2.45. The molecule has 1 aromatic carbocycles. The van der Waals surface area contributed by atoms with Crippen molar-refractivity contribution in [3.8, 4) is 0 Å². The van der Waals surface area contributed by atoms with Crippen LogP contribution in [0.5, 0.6) is 0 Å². The summed E-state index contributed by atoms with van der Waals surface area (Å²) < 4.78 is 40.8. The predicted molar refractivity (Wildman–Crippen MR) is 111 cm³/mol. The molecule has 30 heavy (non-hydrogen) atoms. The van der Waals surface area contributed by atoms with Gasteiger partial charge in [0.2, 0.25) is 0 Å². The Morgan fingerprint density at radius 2 is 2.00 bits per heavy atom. The van der Waals surface area contributed by atoms with Gasteiger partial charge in [-0.2, -0.15) is 13.2 Å². The first-order chi connectivity index (χ1) is 14.2. The zero-order valence-corrected chi connectivity index (χ0v) is 17.6. The summed E-state index contributed by atoms with van der Waals surface area (Å²) in [5.41, 5.74) is 5.51. The number of fused-ring (bicyclic) bond motifs is 6. The summed E-state index contributed by atoms with van der Waals surface area (Å²) in [5, 5.41) is 1.33. The number of nitrogens with zero attached hydrogens (tertiary/aromatic N) is 3. The molecular formula is C24H26F3N3. The zero-order valence-electron chi connectivity index (χ0n) is 17.6. The fraction of sp³-hybridized carbons (Fsp3) is 0.458. The number of benzene rings is 1. The fourth-order valence-corrected chi connectivity index (χ4v) is 5.45. The molecule has 2 aromatic heterocycles. The Bertz CT molecular complexity index is 1110. The van der Waals surface area contributed by atoms with Crippen molar-refractivity contribution < 1.29 is 13.2 Å². The second-order valence-corrected chi connectivity index (χ2v) is 9.17. The molecule has 0 amide bonds. The summed E-state index contributed by atoms with van der Waals surface area (Å²) in [6.45, 7) is 5.22. The third kappa shape index (κ3) is 2.96. The lowest BCUT2D eigenvalue weighted by atomic mass is 9.89. The molecule has 0 aliphatic carbocycles. The van der Waals surface area contributed by atoms with Gasteiger partial charge < -0.3 is 4.57 Å². The Morgan fingerprint density at radius 3 is 2.70 bits per heavy atom. The van der Waals surface area contributed by atoms with Crippen LogP contribution >= 0.6 is 0 Å². The maximum absolute atomic E-state index is 12.8. The van der Waals surface area contributed by atoms with E-state index in [2.05, 4.69) is 53.5 Å². The third-order valence-electron chi connectivity index (χ3n) is 7.27. The van der Waals surface area contributed by atoms with E-state index >= 15 is 0 Å². The normalized spacial score (nSPS) is 23.9. The van der Waals surface area contributed by atoms with Gasteiger partial charge in [0.05, 0.1) is 0 Å². The summed E-state index contributed by atoms with van der Waals surface area (Å²) in [7, 11) is 2.24. The lowest BCUT2D eigenvalue weighted by Gasteiger charge is -2.40. The van der Waals surface area contributed by atoms with Crippen molar-refractivity contribution >= 4 is 10.9 Å². The third-order valence-corrected chi connectivity index (χ3v) is 7.27. The van der Waals surface area contributed by atoms with Crippen LogP contribution in [0.15, 0.2) is 36.5 Å². The second kappa shape index (κ2) is 6.58. The molecule has 2 bridgehead atoms. The standard InChI is InChI=1S/C24H26F3N3/c1-15-4-6-18-17(12-15)22-19-8-10-23(2,29(19)3)13-20(22)30(18)11-9-16-5-7-21(28-14-16)24(25,26)27/h4-7,12,14,19H,8-11,13H2,1-3H3. The second-order valence-electron chi connectivity index (χ2n) is 9.17. The van der Waals surface area contributed by atoms with Crippen molar-refractivity contribution in [2.45, 2.75) is 63.8 Å². The molecule has 2 atom stereocenters. The summed E-state index contributed by atoms with van der Waals surface area (Å²) in [5.74, 6) is 0. The average Bonchev–Trinajstić information content (AvgIpc) is 3.07. The van der Waals surface area contributed by atoms with Gasteiger partial charge in [-0.15, -0.1) is 0 Å². The van der Waals surface area contributed by atoms with Gasteiger partial charge in [-0.25, -0.2) is 0 Å². The van der Waals surface area contributed by atoms with Gasteiger partial charge in [-0.3, -0.25) is 9.88 Å². The van der Waals surface area contributed by atoms with Crippen molar-refractivity contribution in [1.82, 2.24) is 14.5 Å². The highest BCUT2D eigenvalue weighted by Gasteiger charge is 2.48. The molecule has 6 heteroatoms. The molecule has 2 aliphatic rings. The van der Waals surface area contributed by atoms with Crippen LogP contribution in [0.2, 0.25) is 0 Å². The molecular weight excluding hydrogens is 387 g/mol. The van der Waals surface area contributed by atoms with Crippen LogP contribution < -0.4 is 0 Å². The van der Waals surface area contributed by atoms with E-state index in [0.29, 0.717) is 12.5 Å². The monoisotopic (exact) mass is 413 g/mol. The SMILES string of the molecule is Cc1ccc2c(c1)c1c(n2CCc2ccc(C(F)(F)F)nc2)CC2(C)CCC1N2C. The molecule has 5 rings (SSSR count). The van der Waals surface area contributed by atoms with Gasteiger partial charge >= 0.3 is 6.18 Å². The first-order valence-electron chi connectivity index (χ1n) is 10.5. The van der Waals surface area contributed by atoms with Crippen LogP contribution in [-0.4, -0.2) is 27.0 Å². The molecule has 2 aliphatic heterocycles. The topological polar surface area (TPSA) is 21.1 Å². The summed E-state index contributed by atoms with van der Waals surface area (Å²) in [6, 6.07) is 9.71. The molecule has 3 aromatic rings. The number of aryl methyl sites for hydroxylation is 3. The minimum atomic E-state index is -4.40. The quantitative estimate of drug-likeness (QED) is 0.550. The Balaban J connectivity index is 1.53. The average molecular weight is 413 g/mol. The van der Waals surface area contributed by atoms with E-state index in [9.17, 15) is 13.2 Å². The molecule has 1 fully saturated rings. The molecule has 2 unspecified atom stereocenters. The number of pyridine rings is 1. The Labute approximate surface area is 174 Å². The van der Waals surface area contributed by atoms with Crippen LogP contribution in [0, 0.1) is 6.92 Å². The maximum Gasteiger partial charge on any atom is 0.433 e. The van der Waals surface area contributed by atoms with Crippen molar-refractivity contribution in [1.29, 1.82) is 0 Å². The number of hydrogen-bond donors (Lipinski definition) is 0. The highest BCUT2D eigenvalue weighted by molar-refractivity contribution is 5.87. The molecule has 0 spiro atoms. The van der Waals surface area contributed by atoms with Crippen molar-refractivity contribution in [2.24, 2.45) is 0 Å². The molecule has 4 heterocycles. The number of alkyl halides is 3. The first kappa shape index (κ1) is 19.6. The molecule has 1 saturated heterocycles. The Hall–Kier alpha value is -2.34. The van der Waals surface area contributed by atoms with Crippen molar-refractivity contribution in [2.75, 3.05) is 7.05 Å². The molecule has 3 nitrogen and oxygen atoms in total. The number of likely N-dealkylation sites (N-methyl/N-ethyl adjacent to an activating group) is 1. The van der Waals surface area contributed by atoms with Crippen molar-refractivity contribution in [3.05, 3.63) is 64.6 Å². The fourth-order valence-electron chi connectivity index (χ4n) is 5.45. The molecule has 0 radical (unpaired) electrons. The largest absolute Gasteiger partial charge is 0.433 e. The highest BCUT2D eigenvalue weighted by atomic mass is 19.4. The van der Waals surface area contributed by atoms with Gasteiger partial charge in [0.1, 0.15) is 5.69 Å². The van der Waals surface area contributed by atoms with E-state index in [-0.39, 0.29) is 5.54 Å². The Morgan fingerprint density at radius 1 is 1.20 bits per heavy atom. The van der Waals surface area contributed by atoms with E-state index in [4.69, 9.17) is 0 Å². The van der Waals surface area contributed by atoms with Gasteiger partial charge in [0, 0.05) is 47.3 Å². The lowest BCUT2D eigenvalue weighted by molar-refractivity contribution is -0.141. The molecule has 0 N–H and O–H groups in total. The van der Waals surface area contributed by atoms with E-state index in [1.807, 2.05) is 0 Å². The van der Waals surface area contributed by atoms with Crippen LogP contribution in [0.25, 0.3) is 10.9 Å². The van der Waals surface area contributed by atoms with E-state index < -0.39 is 11.9 Å². The summed E-state index contributed by atoms with van der Waals surface area (Å²) in [4.78, 5) is 6.17. The smallest absolute Gasteiger partial charge is 0.344 e. The highest BCUT2D eigenvalue weighted by Crippen LogP contribution is 2.51. The van der Waals surface area contributed by atoms with E-state index in [0.717, 1.165) is 24.6 Å². The van der Waals surface area contributed by atoms with Crippen LogP contribution in [0.3, 0.4) is 0 Å². The summed E-state index contributed by atoms with van der Waals surface area (Å²) in [6.07, 6.45) is 1.01. The van der Waals surface area contributed by atoms with E-state index in [1.165, 1.54) is 46.8 Å². The van der Waals surface area contributed by atoms with Crippen LogP contribution in [0.4, 0.5) is 13.2 Å².